The van der Waals surface area contributed by atoms with Gasteiger partial charge < -0.3 is 15.8 Å². The third-order valence-corrected chi connectivity index (χ3v) is 3.54. The molecule has 3 N–H and O–H groups in total. The summed E-state index contributed by atoms with van der Waals surface area (Å²) in [4.78, 5) is 12.6. The fraction of sp³-hybridized carbons (Fsp3) is 0.429. The molecule has 1 heterocycles. The molecule has 2 unspecified atom stereocenters. The van der Waals surface area contributed by atoms with Gasteiger partial charge in [0.05, 0.1) is 11.0 Å². The molecule has 19 heavy (non-hydrogen) atoms. The Labute approximate surface area is 118 Å². The second-order valence-corrected chi connectivity index (χ2v) is 5.51. The smallest absolute Gasteiger partial charge is 0.231 e. The topological polar surface area (TPSA) is 64.3 Å². The molecule has 102 valence electrons. The fourth-order valence-electron chi connectivity index (χ4n) is 2.20. The molecule has 1 amide bonds. The normalized spacial score (nSPS) is 18.6. The number of thiocarbonyl (C=S) groups is 1. The number of benzene rings is 1. The van der Waals surface area contributed by atoms with E-state index in [9.17, 15) is 4.79 Å². The van der Waals surface area contributed by atoms with Crippen molar-refractivity contribution in [3.63, 3.8) is 0 Å². The number of ether oxygens (including phenoxy) is 1. The molecule has 4 nitrogen and oxygen atoms in total. The van der Waals surface area contributed by atoms with E-state index in [1.54, 1.807) is 0 Å². The lowest BCUT2D eigenvalue weighted by molar-refractivity contribution is -0.123. The molecule has 1 aromatic rings. The quantitative estimate of drug-likeness (QED) is 0.821. The number of hydrogen-bond donors (Lipinski definition) is 2. The van der Waals surface area contributed by atoms with E-state index in [0.29, 0.717) is 11.6 Å². The highest BCUT2D eigenvalue weighted by Gasteiger charge is 2.32. The summed E-state index contributed by atoms with van der Waals surface area (Å²) in [5.74, 6) is 0.571. The Morgan fingerprint density at radius 3 is 2.79 bits per heavy atom. The van der Waals surface area contributed by atoms with Gasteiger partial charge in [-0.25, -0.2) is 0 Å². The van der Waals surface area contributed by atoms with Gasteiger partial charge in [0.1, 0.15) is 18.3 Å². The van der Waals surface area contributed by atoms with Crippen molar-refractivity contribution in [2.45, 2.75) is 25.8 Å². The summed E-state index contributed by atoms with van der Waals surface area (Å²) >= 11 is 5.00. The minimum atomic E-state index is -0.285. The van der Waals surface area contributed by atoms with Gasteiger partial charge in [0.25, 0.3) is 0 Å². The predicted octanol–water partition coefficient (Wildman–Crippen LogP) is 1.59. The molecule has 0 aromatic heterocycles. The zero-order valence-corrected chi connectivity index (χ0v) is 11.9. The largest absolute Gasteiger partial charge is 0.492 e. The molecule has 1 aliphatic rings. The van der Waals surface area contributed by atoms with Crippen LogP contribution in [0.1, 0.15) is 25.3 Å². The molecule has 0 saturated heterocycles. The zero-order valence-electron chi connectivity index (χ0n) is 11.1. The molecule has 0 bridgehead atoms. The SMILES string of the molecule is CC(C)C(NC(=O)C1COc2ccccc21)C(N)=S. The van der Waals surface area contributed by atoms with E-state index in [1.807, 2.05) is 38.1 Å². The minimum Gasteiger partial charge on any atom is -0.492 e. The molecule has 1 aliphatic heterocycles. The van der Waals surface area contributed by atoms with Crippen LogP contribution in [0.5, 0.6) is 5.75 Å². The second-order valence-electron chi connectivity index (χ2n) is 5.03. The van der Waals surface area contributed by atoms with E-state index in [4.69, 9.17) is 22.7 Å². The maximum atomic E-state index is 12.3. The van der Waals surface area contributed by atoms with Crippen molar-refractivity contribution in [3.8, 4) is 5.75 Å². The number of carbonyl (C=O) groups is 1. The summed E-state index contributed by atoms with van der Waals surface area (Å²) in [6.07, 6.45) is 0. The first-order chi connectivity index (χ1) is 9.00. The first-order valence-corrected chi connectivity index (χ1v) is 6.73. The van der Waals surface area contributed by atoms with Crippen LogP contribution in [-0.2, 0) is 4.79 Å². The van der Waals surface area contributed by atoms with E-state index < -0.39 is 0 Å². The Hall–Kier alpha value is -1.62. The Morgan fingerprint density at radius 1 is 1.47 bits per heavy atom. The molecule has 0 fully saturated rings. The summed E-state index contributed by atoms with van der Waals surface area (Å²) in [5.41, 5.74) is 6.59. The first kappa shape index (κ1) is 13.8. The predicted molar refractivity (Wildman–Crippen MR) is 78.2 cm³/mol. The number of hydrogen-bond acceptors (Lipinski definition) is 3. The number of nitrogens with one attached hydrogen (secondary N) is 1. The number of fused-ring (bicyclic) bond motifs is 1. The lowest BCUT2D eigenvalue weighted by Gasteiger charge is -2.22. The van der Waals surface area contributed by atoms with Gasteiger partial charge in [-0.1, -0.05) is 44.3 Å². The van der Waals surface area contributed by atoms with Gasteiger partial charge in [0.2, 0.25) is 5.91 Å². The van der Waals surface area contributed by atoms with Crippen molar-refractivity contribution in [2.75, 3.05) is 6.61 Å². The lowest BCUT2D eigenvalue weighted by Crippen LogP contribution is -2.48. The van der Waals surface area contributed by atoms with Crippen LogP contribution in [0.2, 0.25) is 0 Å². The third-order valence-electron chi connectivity index (χ3n) is 3.29. The Bertz CT molecular complexity index is 502. The molecular formula is C14H18N2O2S. The van der Waals surface area contributed by atoms with Crippen LogP contribution < -0.4 is 15.8 Å². The first-order valence-electron chi connectivity index (χ1n) is 6.32. The fourth-order valence-corrected chi connectivity index (χ4v) is 2.53. The van der Waals surface area contributed by atoms with Crippen LogP contribution in [0.4, 0.5) is 0 Å². The average molecular weight is 278 g/mol. The molecule has 1 aromatic carbocycles. The molecule has 0 spiro atoms. The van der Waals surface area contributed by atoms with Gasteiger partial charge >= 0.3 is 0 Å². The van der Waals surface area contributed by atoms with Crippen molar-refractivity contribution in [1.82, 2.24) is 5.32 Å². The summed E-state index contributed by atoms with van der Waals surface area (Å²) in [6.45, 7) is 4.32. The van der Waals surface area contributed by atoms with E-state index >= 15 is 0 Å². The van der Waals surface area contributed by atoms with Crippen LogP contribution in [0, 0.1) is 5.92 Å². The number of nitrogens with two attached hydrogens (primary N) is 1. The molecule has 2 atom stereocenters. The summed E-state index contributed by atoms with van der Waals surface area (Å²) in [5, 5.41) is 2.91. The highest BCUT2D eigenvalue weighted by molar-refractivity contribution is 7.80. The highest BCUT2D eigenvalue weighted by Crippen LogP contribution is 2.33. The van der Waals surface area contributed by atoms with Crippen molar-refractivity contribution in [2.24, 2.45) is 11.7 Å². The number of rotatable bonds is 4. The van der Waals surface area contributed by atoms with Crippen LogP contribution in [-0.4, -0.2) is 23.5 Å². The molecule has 2 rings (SSSR count). The monoisotopic (exact) mass is 278 g/mol. The molecule has 0 radical (unpaired) electrons. The maximum Gasteiger partial charge on any atom is 0.231 e. The van der Waals surface area contributed by atoms with Crippen molar-refractivity contribution < 1.29 is 9.53 Å². The van der Waals surface area contributed by atoms with Crippen molar-refractivity contribution in [3.05, 3.63) is 29.8 Å². The standard InChI is InChI=1S/C14H18N2O2S/c1-8(2)12(13(15)19)16-14(17)10-7-18-11-6-4-3-5-9(10)11/h3-6,8,10,12H,7H2,1-2H3,(H2,15,19)(H,16,17). The minimum absolute atomic E-state index is 0.0866. The van der Waals surface area contributed by atoms with Crippen molar-refractivity contribution in [1.29, 1.82) is 0 Å². The van der Waals surface area contributed by atoms with E-state index in [-0.39, 0.29) is 23.8 Å². The highest BCUT2D eigenvalue weighted by atomic mass is 32.1. The summed E-state index contributed by atoms with van der Waals surface area (Å²) in [7, 11) is 0. The Balaban J connectivity index is 2.12. The second kappa shape index (κ2) is 5.57. The van der Waals surface area contributed by atoms with Crippen LogP contribution in [0.25, 0.3) is 0 Å². The van der Waals surface area contributed by atoms with Crippen LogP contribution in [0.15, 0.2) is 24.3 Å². The van der Waals surface area contributed by atoms with E-state index in [1.165, 1.54) is 0 Å². The van der Waals surface area contributed by atoms with Crippen LogP contribution >= 0.6 is 12.2 Å². The van der Waals surface area contributed by atoms with Gasteiger partial charge in [-0.3, -0.25) is 4.79 Å². The van der Waals surface area contributed by atoms with Gasteiger partial charge in [0.15, 0.2) is 0 Å². The molecule has 0 saturated carbocycles. The molecular weight excluding hydrogens is 260 g/mol. The molecule has 0 aliphatic carbocycles. The summed E-state index contributed by atoms with van der Waals surface area (Å²) < 4.78 is 5.51. The third kappa shape index (κ3) is 2.87. The van der Waals surface area contributed by atoms with Gasteiger partial charge in [-0.15, -0.1) is 0 Å². The molecule has 5 heteroatoms. The van der Waals surface area contributed by atoms with Crippen molar-refractivity contribution >= 4 is 23.1 Å². The Kier molecular flexibility index (Phi) is 4.04. The van der Waals surface area contributed by atoms with E-state index in [2.05, 4.69) is 5.32 Å². The van der Waals surface area contributed by atoms with Gasteiger partial charge in [0, 0.05) is 5.56 Å². The number of para-hydroxylation sites is 1. The number of carbonyl (C=O) groups excluding carboxylic acids is 1. The maximum absolute atomic E-state index is 12.3. The van der Waals surface area contributed by atoms with Gasteiger partial charge in [-0.05, 0) is 12.0 Å². The number of amides is 1. The lowest BCUT2D eigenvalue weighted by atomic mass is 9.98. The Morgan fingerprint density at radius 2 is 2.16 bits per heavy atom. The van der Waals surface area contributed by atoms with Crippen LogP contribution in [0.3, 0.4) is 0 Å². The zero-order chi connectivity index (χ0) is 14.0. The average Bonchev–Trinajstić information content (AvgIpc) is 2.78. The van der Waals surface area contributed by atoms with E-state index in [0.717, 1.165) is 11.3 Å². The van der Waals surface area contributed by atoms with Gasteiger partial charge in [-0.2, -0.15) is 0 Å². The summed E-state index contributed by atoms with van der Waals surface area (Å²) in [6, 6.07) is 7.30.